The van der Waals surface area contributed by atoms with Crippen LogP contribution in [-0.2, 0) is 10.1 Å². The quantitative estimate of drug-likeness (QED) is 0.606. The van der Waals surface area contributed by atoms with Gasteiger partial charge in [-0.25, -0.2) is 4.79 Å². The lowest BCUT2D eigenvalue weighted by molar-refractivity contribution is 0.0601. The molecule has 0 saturated heterocycles. The molecule has 0 aromatic carbocycles. The molecule has 4 heteroatoms. The van der Waals surface area contributed by atoms with Crippen LogP contribution in [0.1, 0.15) is 16.1 Å². The summed E-state index contributed by atoms with van der Waals surface area (Å²) < 4.78 is 4.52. The molecule has 0 aliphatic heterocycles. The van der Waals surface area contributed by atoms with Crippen molar-refractivity contribution in [3.8, 4) is 0 Å². The zero-order valence-corrected chi connectivity index (χ0v) is 7.64. The van der Waals surface area contributed by atoms with E-state index in [-0.39, 0.29) is 5.97 Å². The summed E-state index contributed by atoms with van der Waals surface area (Å²) in [6, 6.07) is 1.75. The normalized spacial score (nSPS) is 9.64. The molecule has 60 valence electrons. The van der Waals surface area contributed by atoms with Gasteiger partial charge < -0.3 is 9.72 Å². The fourth-order valence-electron chi connectivity index (χ4n) is 0.754. The maximum atomic E-state index is 10.9. The van der Waals surface area contributed by atoms with E-state index in [0.717, 1.165) is 5.69 Å². The summed E-state index contributed by atoms with van der Waals surface area (Å²) in [4.78, 5) is 13.8. The molecule has 0 atom stereocenters. The lowest BCUT2D eigenvalue weighted by Gasteiger charge is -1.91. The van der Waals surface area contributed by atoms with Crippen LogP contribution in [0.15, 0.2) is 12.3 Å². The number of ether oxygens (including phenoxy) is 1. The Morgan fingerprint density at radius 1 is 1.82 bits per heavy atom. The Bertz CT molecular complexity index is 257. The molecule has 0 aliphatic rings. The van der Waals surface area contributed by atoms with Gasteiger partial charge in [0.25, 0.3) is 0 Å². The first-order valence-electron chi connectivity index (χ1n) is 3.09. The Kier molecular flexibility index (Phi) is 2.70. The smallest absolute Gasteiger partial charge is 0.339 e. The van der Waals surface area contributed by atoms with Gasteiger partial charge in [-0.1, -0.05) is 15.9 Å². The zero-order chi connectivity index (χ0) is 8.27. The van der Waals surface area contributed by atoms with Gasteiger partial charge in [0.2, 0.25) is 0 Å². The second-order valence-corrected chi connectivity index (χ2v) is 2.60. The number of methoxy groups -OCH3 is 1. The van der Waals surface area contributed by atoms with Crippen LogP contribution in [0.5, 0.6) is 0 Å². The van der Waals surface area contributed by atoms with E-state index in [1.165, 1.54) is 7.11 Å². The van der Waals surface area contributed by atoms with E-state index in [1.807, 2.05) is 0 Å². The molecule has 0 spiro atoms. The molecular formula is C7H8BrNO2. The highest BCUT2D eigenvalue weighted by Gasteiger charge is 2.06. The van der Waals surface area contributed by atoms with Crippen molar-refractivity contribution < 1.29 is 9.53 Å². The number of aromatic nitrogens is 1. The predicted molar refractivity (Wildman–Crippen MR) is 44.8 cm³/mol. The number of aromatic amines is 1. The second-order valence-electron chi connectivity index (χ2n) is 2.04. The van der Waals surface area contributed by atoms with Gasteiger partial charge in [-0.3, -0.25) is 0 Å². The summed E-state index contributed by atoms with van der Waals surface area (Å²) in [5.74, 6) is -0.312. The van der Waals surface area contributed by atoms with Gasteiger partial charge in [0.1, 0.15) is 0 Å². The molecule has 11 heavy (non-hydrogen) atoms. The highest BCUT2D eigenvalue weighted by molar-refractivity contribution is 9.08. The molecule has 1 aromatic heterocycles. The summed E-state index contributed by atoms with van der Waals surface area (Å²) in [5.41, 5.74) is 1.52. The lowest BCUT2D eigenvalue weighted by atomic mass is 10.3. The van der Waals surface area contributed by atoms with Crippen LogP contribution >= 0.6 is 15.9 Å². The topological polar surface area (TPSA) is 42.1 Å². The van der Waals surface area contributed by atoms with E-state index in [2.05, 4.69) is 25.7 Å². The Hall–Kier alpha value is -0.770. The fraction of sp³-hybridized carbons (Fsp3) is 0.286. The number of esters is 1. The van der Waals surface area contributed by atoms with Gasteiger partial charge >= 0.3 is 5.97 Å². The third-order valence-corrected chi connectivity index (χ3v) is 1.91. The minimum atomic E-state index is -0.312. The SMILES string of the molecule is COC(=O)c1c[nH]c(CBr)c1. The molecule has 1 N–H and O–H groups in total. The molecule has 0 bridgehead atoms. The van der Waals surface area contributed by atoms with Crippen LogP contribution in [0, 0.1) is 0 Å². The van der Waals surface area contributed by atoms with E-state index >= 15 is 0 Å². The van der Waals surface area contributed by atoms with Crippen molar-refractivity contribution in [1.29, 1.82) is 0 Å². The first-order valence-corrected chi connectivity index (χ1v) is 4.21. The first kappa shape index (κ1) is 8.33. The number of nitrogens with one attached hydrogen (secondary N) is 1. The van der Waals surface area contributed by atoms with E-state index < -0.39 is 0 Å². The van der Waals surface area contributed by atoms with Crippen molar-refractivity contribution in [2.45, 2.75) is 5.33 Å². The number of H-pyrrole nitrogens is 1. The molecule has 0 radical (unpaired) electrons. The number of alkyl halides is 1. The Labute approximate surface area is 72.9 Å². The van der Waals surface area contributed by atoms with Crippen molar-refractivity contribution in [2.75, 3.05) is 7.11 Å². The Morgan fingerprint density at radius 2 is 2.55 bits per heavy atom. The second kappa shape index (κ2) is 3.57. The summed E-state index contributed by atoms with van der Waals surface area (Å²) in [6.45, 7) is 0. The van der Waals surface area contributed by atoms with Gasteiger partial charge in [0.15, 0.2) is 0 Å². The van der Waals surface area contributed by atoms with Crippen molar-refractivity contribution in [3.05, 3.63) is 23.5 Å². The largest absolute Gasteiger partial charge is 0.465 e. The molecule has 0 unspecified atom stereocenters. The van der Waals surface area contributed by atoms with Crippen molar-refractivity contribution in [2.24, 2.45) is 0 Å². The number of hydrogen-bond donors (Lipinski definition) is 1. The highest BCUT2D eigenvalue weighted by atomic mass is 79.9. The maximum absolute atomic E-state index is 10.9. The Morgan fingerprint density at radius 3 is 3.00 bits per heavy atom. The molecule has 0 fully saturated rings. The standard InChI is InChI=1S/C7H8BrNO2/c1-11-7(10)5-2-6(3-8)9-4-5/h2,4,9H,3H2,1H3. The monoisotopic (exact) mass is 217 g/mol. The van der Waals surface area contributed by atoms with Gasteiger partial charge in [0.05, 0.1) is 12.7 Å². The zero-order valence-electron chi connectivity index (χ0n) is 6.06. The van der Waals surface area contributed by atoms with Gasteiger partial charge in [-0.05, 0) is 6.07 Å². The number of carbonyl (C=O) groups is 1. The molecule has 0 aliphatic carbocycles. The molecular weight excluding hydrogens is 210 g/mol. The third-order valence-electron chi connectivity index (χ3n) is 1.31. The number of halogens is 1. The predicted octanol–water partition coefficient (Wildman–Crippen LogP) is 1.70. The first-order chi connectivity index (χ1) is 5.27. The molecule has 3 nitrogen and oxygen atoms in total. The summed E-state index contributed by atoms with van der Waals surface area (Å²) in [5, 5.41) is 0.712. The minimum Gasteiger partial charge on any atom is -0.465 e. The summed E-state index contributed by atoms with van der Waals surface area (Å²) in [6.07, 6.45) is 1.63. The van der Waals surface area contributed by atoms with Crippen molar-refractivity contribution in [3.63, 3.8) is 0 Å². The van der Waals surface area contributed by atoms with E-state index in [9.17, 15) is 4.79 Å². The minimum absolute atomic E-state index is 0.312. The average molecular weight is 218 g/mol. The molecule has 0 amide bonds. The van der Waals surface area contributed by atoms with E-state index in [0.29, 0.717) is 10.9 Å². The molecule has 1 rings (SSSR count). The van der Waals surface area contributed by atoms with E-state index in [4.69, 9.17) is 0 Å². The van der Waals surface area contributed by atoms with Crippen LogP contribution in [0.3, 0.4) is 0 Å². The van der Waals surface area contributed by atoms with Crippen molar-refractivity contribution >= 4 is 21.9 Å². The van der Waals surface area contributed by atoms with Gasteiger partial charge in [0, 0.05) is 17.2 Å². The van der Waals surface area contributed by atoms with Gasteiger partial charge in [-0.15, -0.1) is 0 Å². The number of hydrogen-bond acceptors (Lipinski definition) is 2. The third kappa shape index (κ3) is 1.83. The van der Waals surface area contributed by atoms with Crippen LogP contribution in [0.2, 0.25) is 0 Å². The van der Waals surface area contributed by atoms with Crippen LogP contribution < -0.4 is 0 Å². The molecule has 1 heterocycles. The maximum Gasteiger partial charge on any atom is 0.339 e. The lowest BCUT2D eigenvalue weighted by Crippen LogP contribution is -1.98. The highest BCUT2D eigenvalue weighted by Crippen LogP contribution is 2.07. The van der Waals surface area contributed by atoms with Crippen LogP contribution in [0.4, 0.5) is 0 Å². The number of rotatable bonds is 2. The van der Waals surface area contributed by atoms with E-state index in [1.54, 1.807) is 12.3 Å². The summed E-state index contributed by atoms with van der Waals surface area (Å²) >= 11 is 3.26. The summed E-state index contributed by atoms with van der Waals surface area (Å²) in [7, 11) is 1.36. The average Bonchev–Trinajstić information content (AvgIpc) is 2.50. The van der Waals surface area contributed by atoms with Crippen LogP contribution in [-0.4, -0.2) is 18.1 Å². The van der Waals surface area contributed by atoms with Crippen LogP contribution in [0.25, 0.3) is 0 Å². The van der Waals surface area contributed by atoms with Gasteiger partial charge in [-0.2, -0.15) is 0 Å². The fourth-order valence-corrected chi connectivity index (χ4v) is 1.08. The Balaban J connectivity index is 2.80. The molecule has 1 aromatic rings. The number of carbonyl (C=O) groups excluding carboxylic acids is 1. The van der Waals surface area contributed by atoms with Crippen molar-refractivity contribution in [1.82, 2.24) is 4.98 Å². The molecule has 0 saturated carbocycles.